The Kier molecular flexibility index (Phi) is 4.95. The number of carbonyl (C=O) groups excluding carboxylic acids is 1. The zero-order valence-corrected chi connectivity index (χ0v) is 17.8. The van der Waals surface area contributed by atoms with Crippen LogP contribution in [0.5, 0.6) is 11.5 Å². The van der Waals surface area contributed by atoms with E-state index in [1.165, 1.54) is 11.8 Å². The van der Waals surface area contributed by atoms with Gasteiger partial charge in [-0.15, -0.1) is 5.10 Å². The highest BCUT2D eigenvalue weighted by atomic mass is 32.2. The van der Waals surface area contributed by atoms with Gasteiger partial charge in [-0.3, -0.25) is 14.9 Å². The lowest BCUT2D eigenvalue weighted by Crippen LogP contribution is -2.05. The minimum absolute atomic E-state index is 0.0281. The molecule has 0 saturated heterocycles. The molecule has 1 aromatic carbocycles. The summed E-state index contributed by atoms with van der Waals surface area (Å²) in [6.45, 7) is 4.16. The fourth-order valence-corrected chi connectivity index (χ4v) is 4.31. The first-order chi connectivity index (χ1) is 15.1. The van der Waals surface area contributed by atoms with Gasteiger partial charge in [-0.25, -0.2) is 4.98 Å². The number of benzene rings is 1. The smallest absolute Gasteiger partial charge is 0.231 e. The molecule has 0 fully saturated rings. The molecule has 9 heteroatoms. The van der Waals surface area contributed by atoms with Crippen molar-refractivity contribution in [2.24, 2.45) is 0 Å². The van der Waals surface area contributed by atoms with E-state index in [2.05, 4.69) is 20.2 Å². The number of nitrogens with one attached hydrogen (secondary N) is 1. The van der Waals surface area contributed by atoms with Crippen molar-refractivity contribution in [1.29, 1.82) is 0 Å². The van der Waals surface area contributed by atoms with E-state index >= 15 is 0 Å². The first kappa shape index (κ1) is 19.4. The van der Waals surface area contributed by atoms with Crippen LogP contribution in [0.3, 0.4) is 0 Å². The molecule has 1 N–H and O–H groups in total. The van der Waals surface area contributed by atoms with E-state index in [-0.39, 0.29) is 18.3 Å². The van der Waals surface area contributed by atoms with E-state index in [4.69, 9.17) is 9.47 Å². The molecule has 156 valence electrons. The Hall–Kier alpha value is -3.59. The van der Waals surface area contributed by atoms with Gasteiger partial charge in [-0.05, 0) is 44.2 Å². The second-order valence-corrected chi connectivity index (χ2v) is 8.01. The molecule has 0 saturated carbocycles. The van der Waals surface area contributed by atoms with Crippen molar-refractivity contribution in [3.8, 4) is 28.6 Å². The first-order valence-corrected chi connectivity index (χ1v) is 10.7. The van der Waals surface area contributed by atoms with Gasteiger partial charge in [-0.1, -0.05) is 11.8 Å². The van der Waals surface area contributed by atoms with Crippen molar-refractivity contribution in [2.45, 2.75) is 19.0 Å². The Bertz CT molecular complexity index is 1270. The maximum atomic E-state index is 12.9. The Labute approximate surface area is 182 Å². The molecule has 8 nitrogen and oxygen atoms in total. The lowest BCUT2D eigenvalue weighted by Gasteiger charge is -2.10. The predicted octanol–water partition coefficient (Wildman–Crippen LogP) is 3.98. The number of aromatic amines is 1. The van der Waals surface area contributed by atoms with Gasteiger partial charge in [0.2, 0.25) is 11.9 Å². The quantitative estimate of drug-likeness (QED) is 0.363. The second kappa shape index (κ2) is 7.92. The van der Waals surface area contributed by atoms with Crippen molar-refractivity contribution in [1.82, 2.24) is 24.7 Å². The normalized spacial score (nSPS) is 12.3. The summed E-state index contributed by atoms with van der Waals surface area (Å²) >= 11 is 1.31. The number of nitrogens with zero attached hydrogens (tertiary/aromatic N) is 4. The average molecular weight is 433 g/mol. The lowest BCUT2D eigenvalue weighted by atomic mass is 10.2. The van der Waals surface area contributed by atoms with Gasteiger partial charge in [0, 0.05) is 46.7 Å². The van der Waals surface area contributed by atoms with E-state index in [1.54, 1.807) is 12.4 Å². The summed E-state index contributed by atoms with van der Waals surface area (Å²) in [5.41, 5.74) is 4.37. The molecule has 4 aromatic rings. The third-order valence-electron chi connectivity index (χ3n) is 5.10. The van der Waals surface area contributed by atoms with E-state index in [0.717, 1.165) is 28.4 Å². The molecular weight excluding hydrogens is 414 g/mol. The minimum Gasteiger partial charge on any atom is -0.454 e. The number of pyridine rings is 1. The molecule has 0 amide bonds. The van der Waals surface area contributed by atoms with Crippen molar-refractivity contribution in [3.05, 3.63) is 65.7 Å². The van der Waals surface area contributed by atoms with Crippen LogP contribution in [0, 0.1) is 13.8 Å². The number of aromatic nitrogens is 5. The van der Waals surface area contributed by atoms with Gasteiger partial charge in [-0.2, -0.15) is 0 Å². The molecule has 0 bridgehead atoms. The lowest BCUT2D eigenvalue weighted by molar-refractivity contribution is 0.102. The first-order valence-electron chi connectivity index (χ1n) is 9.68. The summed E-state index contributed by atoms with van der Waals surface area (Å²) in [5.74, 6) is 2.37. The summed E-state index contributed by atoms with van der Waals surface area (Å²) in [4.78, 5) is 21.4. The van der Waals surface area contributed by atoms with Crippen LogP contribution in [-0.2, 0) is 0 Å². The number of carbonyl (C=O) groups is 1. The summed E-state index contributed by atoms with van der Waals surface area (Å²) in [7, 11) is 0. The van der Waals surface area contributed by atoms with Crippen molar-refractivity contribution in [3.63, 3.8) is 0 Å². The Morgan fingerprint density at radius 3 is 2.77 bits per heavy atom. The second-order valence-electron chi connectivity index (χ2n) is 7.07. The summed E-state index contributed by atoms with van der Waals surface area (Å²) in [6, 6.07) is 11.4. The van der Waals surface area contributed by atoms with Crippen LogP contribution < -0.4 is 9.47 Å². The molecule has 1 aliphatic rings. The zero-order valence-electron chi connectivity index (χ0n) is 17.0. The van der Waals surface area contributed by atoms with Gasteiger partial charge in [0.05, 0.1) is 5.75 Å². The van der Waals surface area contributed by atoms with Crippen LogP contribution in [0.4, 0.5) is 0 Å². The van der Waals surface area contributed by atoms with Crippen LogP contribution in [-0.4, -0.2) is 43.1 Å². The molecular formula is C22H19N5O3S. The summed E-state index contributed by atoms with van der Waals surface area (Å²) in [6.07, 6.45) is 3.40. The molecule has 4 heterocycles. The maximum absolute atomic E-state index is 12.9. The topological polar surface area (TPSA) is 94.9 Å². The van der Waals surface area contributed by atoms with Crippen LogP contribution in [0.15, 0.2) is 53.9 Å². The number of rotatable bonds is 6. The minimum atomic E-state index is 0.0281. The van der Waals surface area contributed by atoms with Crippen LogP contribution in [0.1, 0.15) is 21.7 Å². The van der Waals surface area contributed by atoms with Crippen molar-refractivity contribution in [2.75, 3.05) is 12.5 Å². The zero-order chi connectivity index (χ0) is 21.4. The molecule has 31 heavy (non-hydrogen) atoms. The third-order valence-corrected chi connectivity index (χ3v) is 5.94. The Morgan fingerprint density at radius 1 is 1.13 bits per heavy atom. The van der Waals surface area contributed by atoms with Gasteiger partial charge >= 0.3 is 0 Å². The molecule has 0 radical (unpaired) electrons. The molecule has 0 unspecified atom stereocenters. The van der Waals surface area contributed by atoms with Crippen LogP contribution >= 0.6 is 11.8 Å². The largest absolute Gasteiger partial charge is 0.454 e. The third kappa shape index (κ3) is 3.68. The standard InChI is InChI=1S/C22H19N5O3S/c1-13-9-17(14(2)27(13)16-3-4-19-20(10-16)30-12-29-19)18(28)11-31-22-24-21(25-26-22)15-5-7-23-8-6-15/h3-10H,11-12H2,1-2H3,(H,24,25,26). The van der Waals surface area contributed by atoms with E-state index in [9.17, 15) is 4.79 Å². The predicted molar refractivity (Wildman–Crippen MR) is 116 cm³/mol. The molecule has 5 rings (SSSR count). The van der Waals surface area contributed by atoms with Crippen molar-refractivity contribution < 1.29 is 14.3 Å². The van der Waals surface area contributed by atoms with Gasteiger partial charge < -0.3 is 14.0 Å². The number of H-pyrrole nitrogens is 1. The molecule has 0 atom stereocenters. The SMILES string of the molecule is Cc1cc(C(=O)CSc2n[nH]c(-c3ccncc3)n2)c(C)n1-c1ccc2c(c1)OCO2. The highest BCUT2D eigenvalue weighted by molar-refractivity contribution is 7.99. The molecule has 0 spiro atoms. The Morgan fingerprint density at radius 2 is 1.94 bits per heavy atom. The number of fused-ring (bicyclic) bond motifs is 1. The van der Waals surface area contributed by atoms with E-state index < -0.39 is 0 Å². The molecule has 1 aliphatic heterocycles. The maximum Gasteiger partial charge on any atom is 0.231 e. The highest BCUT2D eigenvalue weighted by Crippen LogP contribution is 2.35. The average Bonchev–Trinajstić information content (AvgIpc) is 3.51. The summed E-state index contributed by atoms with van der Waals surface area (Å²) < 4.78 is 12.9. The number of aryl methyl sites for hydroxylation is 1. The molecule has 0 aliphatic carbocycles. The number of hydrogen-bond acceptors (Lipinski definition) is 7. The summed E-state index contributed by atoms with van der Waals surface area (Å²) in [5, 5.41) is 7.64. The van der Waals surface area contributed by atoms with Crippen LogP contribution in [0.2, 0.25) is 0 Å². The molecule has 3 aromatic heterocycles. The fraction of sp³-hybridized carbons (Fsp3) is 0.182. The number of ether oxygens (including phenoxy) is 2. The van der Waals surface area contributed by atoms with Gasteiger partial charge in [0.25, 0.3) is 0 Å². The van der Waals surface area contributed by atoms with Crippen molar-refractivity contribution >= 4 is 17.5 Å². The Balaban J connectivity index is 1.33. The number of hydrogen-bond donors (Lipinski definition) is 1. The van der Waals surface area contributed by atoms with Gasteiger partial charge in [0.1, 0.15) is 0 Å². The van der Waals surface area contributed by atoms with E-state index in [1.807, 2.05) is 54.8 Å². The van der Waals surface area contributed by atoms with E-state index in [0.29, 0.717) is 22.3 Å². The monoisotopic (exact) mass is 433 g/mol. The number of thioether (sulfide) groups is 1. The van der Waals surface area contributed by atoms with Gasteiger partial charge in [0.15, 0.2) is 23.1 Å². The van der Waals surface area contributed by atoms with Crippen LogP contribution in [0.25, 0.3) is 17.1 Å². The fourth-order valence-electron chi connectivity index (χ4n) is 3.62. The number of Topliss-reactive ketones (excluding diaryl/α,β-unsaturated/α-hetero) is 1. The number of ketones is 1. The highest BCUT2D eigenvalue weighted by Gasteiger charge is 2.20.